The summed E-state index contributed by atoms with van der Waals surface area (Å²) >= 11 is 0. The second-order valence-electron chi connectivity index (χ2n) is 7.31. The molecule has 0 radical (unpaired) electrons. The van der Waals surface area contributed by atoms with E-state index in [4.69, 9.17) is 24.4 Å². The van der Waals surface area contributed by atoms with E-state index >= 15 is 0 Å². The molecule has 0 aliphatic heterocycles. The molecule has 0 bridgehead atoms. The largest absolute Gasteiger partial charge is 0.472 e. The van der Waals surface area contributed by atoms with Crippen LogP contribution in [0.2, 0.25) is 0 Å². The van der Waals surface area contributed by atoms with Gasteiger partial charge in [0, 0.05) is 0 Å². The number of phosphoric ester groups is 1. The molecule has 3 atom stereocenters. The Hall–Kier alpha value is -0.0500. The normalized spacial score (nSPS) is 15.0. The Kier molecular flexibility index (Phi) is 21.4. The van der Waals surface area contributed by atoms with Crippen molar-refractivity contribution in [2.75, 3.05) is 13.2 Å². The van der Waals surface area contributed by atoms with Crippen molar-refractivity contribution in [1.29, 1.82) is 0 Å². The Morgan fingerprint density at radius 3 is 1.24 bits per heavy atom. The topological polar surface area (TPSA) is 120 Å². The van der Waals surface area contributed by atoms with Gasteiger partial charge < -0.3 is 20.2 Å². The maximum atomic E-state index is 11.5. The Balaban J connectivity index is 0. The number of hydrogen-bond donors (Lipinski definition) is 4. The van der Waals surface area contributed by atoms with E-state index in [1.807, 2.05) is 0 Å². The molecule has 0 aromatic rings. The Morgan fingerprint density at radius 2 is 1.00 bits per heavy atom. The van der Waals surface area contributed by atoms with Crippen LogP contribution in [0.3, 0.4) is 0 Å². The molecule has 0 aromatic heterocycles. The lowest BCUT2D eigenvalue weighted by Gasteiger charge is -2.30. The zero-order valence-corrected chi connectivity index (χ0v) is 20.0. The summed E-state index contributed by atoms with van der Waals surface area (Å²) < 4.78 is 21.4. The lowest BCUT2D eigenvalue weighted by molar-refractivity contribution is -0.159. The summed E-state index contributed by atoms with van der Waals surface area (Å²) in [7, 11) is -3.80. The number of aliphatic hydroxyl groups excluding tert-OH is 3. The third-order valence-corrected chi connectivity index (χ3v) is 5.32. The number of unbranched alkanes of at least 4 members (excludes halogenated alkanes) is 8. The zero-order chi connectivity index (χ0) is 22.7. The minimum absolute atomic E-state index is 0.313. The molecular weight excluding hydrogens is 397 g/mol. The van der Waals surface area contributed by atoms with E-state index < -0.39 is 26.5 Å². The lowest BCUT2D eigenvalue weighted by Crippen LogP contribution is -2.45. The highest BCUT2D eigenvalue weighted by molar-refractivity contribution is 7.47. The molecule has 3 unspecified atom stereocenters. The van der Waals surface area contributed by atoms with Gasteiger partial charge >= 0.3 is 7.82 Å². The number of phosphoric acid groups is 1. The van der Waals surface area contributed by atoms with Gasteiger partial charge in [-0.3, -0.25) is 9.05 Å². The highest BCUT2D eigenvalue weighted by atomic mass is 31.2. The smallest absolute Gasteiger partial charge is 0.379 e. The molecule has 0 aromatic carbocycles. The molecule has 4 N–H and O–H groups in total. The summed E-state index contributed by atoms with van der Waals surface area (Å²) in [5.41, 5.74) is 0. The number of rotatable bonds is 17. The predicted molar refractivity (Wildman–Crippen MR) is 116 cm³/mol. The summed E-state index contributed by atoms with van der Waals surface area (Å²) in [5, 5.41) is 26.9. The van der Waals surface area contributed by atoms with Crippen molar-refractivity contribution in [3.8, 4) is 0 Å². The van der Waals surface area contributed by atoms with Gasteiger partial charge in [0.15, 0.2) is 0 Å². The molecule has 0 heterocycles. The third-order valence-electron chi connectivity index (χ3n) is 4.30. The molecule has 0 aliphatic carbocycles. The first-order chi connectivity index (χ1) is 13.6. The molecule has 9 heteroatoms. The van der Waals surface area contributed by atoms with Gasteiger partial charge in [-0.1, -0.05) is 65.2 Å². The van der Waals surface area contributed by atoms with Crippen LogP contribution in [-0.4, -0.2) is 57.0 Å². The average Bonchev–Trinajstić information content (AvgIpc) is 2.60. The monoisotopic (exact) mass is 443 g/mol. The predicted octanol–water partition coefficient (Wildman–Crippen LogP) is 4.36. The Morgan fingerprint density at radius 1 is 0.690 bits per heavy atom. The van der Waals surface area contributed by atoms with Gasteiger partial charge in [-0.15, -0.1) is 0 Å². The van der Waals surface area contributed by atoms with Crippen molar-refractivity contribution in [3.63, 3.8) is 0 Å². The van der Waals surface area contributed by atoms with Gasteiger partial charge in [-0.05, 0) is 33.6 Å². The van der Waals surface area contributed by atoms with Crippen molar-refractivity contribution < 1.29 is 33.8 Å². The van der Waals surface area contributed by atoms with Crippen LogP contribution in [-0.2, 0) is 13.6 Å². The van der Waals surface area contributed by atoms with Crippen LogP contribution < -0.4 is 0 Å². The Bertz CT molecular complexity index is 356. The summed E-state index contributed by atoms with van der Waals surface area (Å²) in [5.74, 6) is 0. The fourth-order valence-electron chi connectivity index (χ4n) is 2.74. The van der Waals surface area contributed by atoms with Crippen molar-refractivity contribution in [3.05, 3.63) is 0 Å². The van der Waals surface area contributed by atoms with Gasteiger partial charge in [0.05, 0.1) is 13.2 Å². The molecule has 0 amide bonds. The van der Waals surface area contributed by atoms with Crippen molar-refractivity contribution in [1.82, 2.24) is 4.90 Å². The molecule has 0 saturated carbocycles. The van der Waals surface area contributed by atoms with E-state index in [2.05, 4.69) is 13.8 Å². The van der Waals surface area contributed by atoms with Gasteiger partial charge in [0.2, 0.25) is 0 Å². The highest BCUT2D eigenvalue weighted by Gasteiger charge is 2.20. The second-order valence-corrected chi connectivity index (χ2v) is 8.76. The number of nitrogens with zero attached hydrogens (tertiary/aromatic N) is 1. The van der Waals surface area contributed by atoms with Crippen LogP contribution in [0.5, 0.6) is 0 Å². The summed E-state index contributed by atoms with van der Waals surface area (Å²) in [6, 6.07) is 0. The first-order valence-electron chi connectivity index (χ1n) is 11.0. The maximum absolute atomic E-state index is 11.5. The van der Waals surface area contributed by atoms with Gasteiger partial charge in [-0.25, -0.2) is 9.46 Å². The molecule has 0 aliphatic rings. The Labute approximate surface area is 177 Å². The van der Waals surface area contributed by atoms with Crippen LogP contribution >= 0.6 is 7.82 Å². The molecule has 0 fully saturated rings. The number of hydrogen-bond acceptors (Lipinski definition) is 7. The van der Waals surface area contributed by atoms with Gasteiger partial charge in [-0.2, -0.15) is 0 Å². The van der Waals surface area contributed by atoms with Gasteiger partial charge in [0.1, 0.15) is 18.7 Å². The van der Waals surface area contributed by atoms with Crippen LogP contribution in [0, 0.1) is 0 Å². The molecule has 0 spiro atoms. The first kappa shape index (κ1) is 31.1. The maximum Gasteiger partial charge on any atom is 0.472 e. The minimum atomic E-state index is -3.80. The first-order valence-corrected chi connectivity index (χ1v) is 12.5. The van der Waals surface area contributed by atoms with Crippen LogP contribution in [0.4, 0.5) is 0 Å². The standard InChI is InChI=1S/C14H31O4P.C6H15NO3/c1-3-5-7-9-11-13-17-19(15,16)18-14-12-10-8-6-4-2;1-4(8)7(5(2)9)6(3)10/h3-14H2,1-2H3,(H,15,16);4-6,8-10H,1-3H3. The van der Waals surface area contributed by atoms with E-state index in [9.17, 15) is 9.46 Å². The van der Waals surface area contributed by atoms with E-state index in [1.165, 1.54) is 51.4 Å². The molecule has 0 rings (SSSR count). The van der Waals surface area contributed by atoms with Gasteiger partial charge in [0.25, 0.3) is 0 Å². The second kappa shape index (κ2) is 19.9. The zero-order valence-electron chi connectivity index (χ0n) is 19.1. The molecule has 29 heavy (non-hydrogen) atoms. The molecule has 8 nitrogen and oxygen atoms in total. The van der Waals surface area contributed by atoms with Crippen LogP contribution in [0.1, 0.15) is 98.8 Å². The molecule has 178 valence electrons. The van der Waals surface area contributed by atoms with Crippen LogP contribution in [0.15, 0.2) is 0 Å². The summed E-state index contributed by atoms with van der Waals surface area (Å²) in [6.07, 6.45) is 8.38. The SMILES string of the molecule is CC(O)N(C(C)O)C(C)O.CCCCCCCOP(=O)(O)OCCCCCCC. The molecular formula is C20H46NO7P. The van der Waals surface area contributed by atoms with Crippen molar-refractivity contribution in [2.45, 2.75) is 118 Å². The van der Waals surface area contributed by atoms with E-state index in [0.29, 0.717) is 13.2 Å². The summed E-state index contributed by atoms with van der Waals surface area (Å²) in [4.78, 5) is 10.6. The summed E-state index contributed by atoms with van der Waals surface area (Å²) in [6.45, 7) is 9.40. The minimum Gasteiger partial charge on any atom is -0.379 e. The fraction of sp³-hybridized carbons (Fsp3) is 1.00. The van der Waals surface area contributed by atoms with Crippen LogP contribution in [0.25, 0.3) is 0 Å². The number of aliphatic hydroxyl groups is 3. The average molecular weight is 444 g/mol. The van der Waals surface area contributed by atoms with Crippen molar-refractivity contribution in [2.24, 2.45) is 0 Å². The van der Waals surface area contributed by atoms with E-state index in [-0.39, 0.29) is 0 Å². The lowest BCUT2D eigenvalue weighted by atomic mass is 10.2. The van der Waals surface area contributed by atoms with E-state index in [0.717, 1.165) is 38.5 Å². The fourth-order valence-corrected chi connectivity index (χ4v) is 3.54. The van der Waals surface area contributed by atoms with Crippen molar-refractivity contribution >= 4 is 7.82 Å². The quantitative estimate of drug-likeness (QED) is 0.149. The highest BCUT2D eigenvalue weighted by Crippen LogP contribution is 2.43. The van der Waals surface area contributed by atoms with E-state index in [1.54, 1.807) is 0 Å². The molecule has 0 saturated heterocycles. The third kappa shape index (κ3) is 21.0.